The molecule has 0 saturated heterocycles. The van der Waals surface area contributed by atoms with Crippen LogP contribution in [0.15, 0.2) is 5.51 Å². The Morgan fingerprint density at radius 3 is 2.72 bits per heavy atom. The van der Waals surface area contributed by atoms with Crippen molar-refractivity contribution in [2.75, 3.05) is 13.2 Å². The van der Waals surface area contributed by atoms with Crippen molar-refractivity contribution in [3.05, 3.63) is 16.1 Å². The Balaban J connectivity index is 2.83. The number of carbonyl (C=O) groups excluding carboxylic acids is 1. The molecule has 0 spiro atoms. The Kier molecular flexibility index (Phi) is 5.09. The zero-order chi connectivity index (χ0) is 13.8. The summed E-state index contributed by atoms with van der Waals surface area (Å²) in [4.78, 5) is 16.0. The normalized spacial score (nSPS) is 13.4. The topological polar surface area (TPSA) is 51.2 Å². The zero-order valence-corrected chi connectivity index (χ0v) is 10.7. The minimum atomic E-state index is -4.39. The number of hydrogen-bond acceptors (Lipinski definition) is 5. The molecule has 0 amide bonds. The molecule has 1 atom stereocenters. The average molecular weight is 282 g/mol. The number of thiazole rings is 1. The van der Waals surface area contributed by atoms with E-state index in [1.165, 1.54) is 5.51 Å². The lowest BCUT2D eigenvalue weighted by atomic mass is 10.2. The number of halogens is 3. The van der Waals surface area contributed by atoms with Gasteiger partial charge < -0.3 is 4.74 Å². The highest BCUT2D eigenvalue weighted by atomic mass is 32.1. The molecule has 4 nitrogen and oxygen atoms in total. The molecule has 1 rings (SSSR count). The van der Waals surface area contributed by atoms with E-state index >= 15 is 0 Å². The molecule has 0 fully saturated rings. The summed E-state index contributed by atoms with van der Waals surface area (Å²) in [7, 11) is 0. The molecule has 102 valence electrons. The van der Waals surface area contributed by atoms with Crippen molar-refractivity contribution in [2.24, 2.45) is 0 Å². The zero-order valence-electron chi connectivity index (χ0n) is 9.87. The summed E-state index contributed by atoms with van der Waals surface area (Å²) >= 11 is 1.12. The van der Waals surface area contributed by atoms with Gasteiger partial charge in [-0.05, 0) is 13.8 Å². The standard InChI is InChI=1S/C10H13F3N2O2S/c1-3-17-9(16)7(14-4-10(11,12)13)8-6(2)15-5-18-8/h5,7,14H,3-4H2,1-2H3. The number of ether oxygens (including phenoxy) is 1. The minimum Gasteiger partial charge on any atom is -0.465 e. The van der Waals surface area contributed by atoms with Crippen molar-refractivity contribution in [2.45, 2.75) is 26.1 Å². The third-order valence-electron chi connectivity index (χ3n) is 2.07. The first-order valence-electron chi connectivity index (χ1n) is 5.22. The second kappa shape index (κ2) is 6.14. The lowest BCUT2D eigenvalue weighted by Gasteiger charge is -2.17. The van der Waals surface area contributed by atoms with Crippen LogP contribution in [0, 0.1) is 6.92 Å². The highest BCUT2D eigenvalue weighted by molar-refractivity contribution is 7.10. The summed E-state index contributed by atoms with van der Waals surface area (Å²) in [6.07, 6.45) is -4.39. The molecule has 1 heterocycles. The van der Waals surface area contributed by atoms with Crippen LogP contribution < -0.4 is 5.32 Å². The molecule has 0 aliphatic carbocycles. The van der Waals surface area contributed by atoms with E-state index < -0.39 is 24.7 Å². The molecule has 0 saturated carbocycles. The number of nitrogens with zero attached hydrogens (tertiary/aromatic N) is 1. The molecule has 0 aliphatic rings. The van der Waals surface area contributed by atoms with E-state index in [-0.39, 0.29) is 6.61 Å². The molecule has 0 aliphatic heterocycles. The van der Waals surface area contributed by atoms with Crippen LogP contribution >= 0.6 is 11.3 Å². The SMILES string of the molecule is CCOC(=O)C(NCC(F)(F)F)c1scnc1C. The second-order valence-electron chi connectivity index (χ2n) is 3.48. The number of rotatable bonds is 5. The van der Waals surface area contributed by atoms with Crippen LogP contribution in [0.5, 0.6) is 0 Å². The van der Waals surface area contributed by atoms with E-state index in [1.807, 2.05) is 0 Å². The molecular weight excluding hydrogens is 269 g/mol. The summed E-state index contributed by atoms with van der Waals surface area (Å²) in [5.41, 5.74) is 2.00. The highest BCUT2D eigenvalue weighted by Gasteiger charge is 2.32. The molecule has 18 heavy (non-hydrogen) atoms. The molecule has 0 bridgehead atoms. The van der Waals surface area contributed by atoms with Gasteiger partial charge in [-0.1, -0.05) is 0 Å². The Labute approximate surface area is 106 Å². The van der Waals surface area contributed by atoms with E-state index in [0.29, 0.717) is 10.6 Å². The highest BCUT2D eigenvalue weighted by Crippen LogP contribution is 2.24. The van der Waals surface area contributed by atoms with Gasteiger partial charge >= 0.3 is 12.1 Å². The van der Waals surface area contributed by atoms with Gasteiger partial charge in [0.25, 0.3) is 0 Å². The van der Waals surface area contributed by atoms with Crippen LogP contribution in [0.2, 0.25) is 0 Å². The quantitative estimate of drug-likeness (QED) is 0.841. The Bertz CT molecular complexity index is 406. The third kappa shape index (κ3) is 4.26. The van der Waals surface area contributed by atoms with Gasteiger partial charge in [0, 0.05) is 0 Å². The van der Waals surface area contributed by atoms with Crippen molar-refractivity contribution >= 4 is 17.3 Å². The van der Waals surface area contributed by atoms with Crippen LogP contribution in [0.1, 0.15) is 23.5 Å². The molecule has 8 heteroatoms. The van der Waals surface area contributed by atoms with Gasteiger partial charge in [0.1, 0.15) is 6.04 Å². The summed E-state index contributed by atoms with van der Waals surface area (Å²) in [5, 5.41) is 2.16. The van der Waals surface area contributed by atoms with E-state index in [2.05, 4.69) is 10.3 Å². The van der Waals surface area contributed by atoms with Crippen molar-refractivity contribution in [1.82, 2.24) is 10.3 Å². The number of alkyl halides is 3. The number of carbonyl (C=O) groups is 1. The van der Waals surface area contributed by atoms with Gasteiger partial charge in [0.05, 0.1) is 29.2 Å². The molecule has 1 aromatic rings. The first-order valence-corrected chi connectivity index (χ1v) is 6.10. The predicted molar refractivity (Wildman–Crippen MR) is 60.3 cm³/mol. The number of aromatic nitrogens is 1. The second-order valence-corrected chi connectivity index (χ2v) is 4.37. The van der Waals surface area contributed by atoms with Gasteiger partial charge in [-0.3, -0.25) is 5.32 Å². The maximum atomic E-state index is 12.2. The first-order chi connectivity index (χ1) is 8.35. The summed E-state index contributed by atoms with van der Waals surface area (Å²) < 4.78 is 41.3. The van der Waals surface area contributed by atoms with Crippen LogP contribution in [0.3, 0.4) is 0 Å². The summed E-state index contributed by atoms with van der Waals surface area (Å²) in [6.45, 7) is 2.08. The minimum absolute atomic E-state index is 0.112. The fraction of sp³-hybridized carbons (Fsp3) is 0.600. The summed E-state index contributed by atoms with van der Waals surface area (Å²) in [6, 6.07) is -1.13. The van der Waals surface area contributed by atoms with Crippen LogP contribution in [0.25, 0.3) is 0 Å². The fourth-order valence-corrected chi connectivity index (χ4v) is 2.18. The molecule has 0 radical (unpaired) electrons. The van der Waals surface area contributed by atoms with Gasteiger partial charge in [0.15, 0.2) is 0 Å². The number of aryl methyl sites for hydroxylation is 1. The number of esters is 1. The largest absolute Gasteiger partial charge is 0.465 e. The first kappa shape index (κ1) is 14.9. The van der Waals surface area contributed by atoms with E-state index in [9.17, 15) is 18.0 Å². The van der Waals surface area contributed by atoms with Gasteiger partial charge in [0.2, 0.25) is 0 Å². The van der Waals surface area contributed by atoms with Gasteiger partial charge in [-0.15, -0.1) is 11.3 Å². The molecule has 1 N–H and O–H groups in total. The Morgan fingerprint density at radius 2 is 2.28 bits per heavy atom. The molecule has 0 aromatic carbocycles. The average Bonchev–Trinajstić information content (AvgIpc) is 2.64. The van der Waals surface area contributed by atoms with Crippen LogP contribution in [0.4, 0.5) is 13.2 Å². The van der Waals surface area contributed by atoms with E-state index in [0.717, 1.165) is 11.3 Å². The Hall–Kier alpha value is -1.15. The number of nitrogens with one attached hydrogen (secondary N) is 1. The maximum Gasteiger partial charge on any atom is 0.401 e. The van der Waals surface area contributed by atoms with Crippen LogP contribution in [-0.4, -0.2) is 30.3 Å². The third-order valence-corrected chi connectivity index (χ3v) is 3.07. The maximum absolute atomic E-state index is 12.2. The molecule has 1 aromatic heterocycles. The molecule has 1 unspecified atom stereocenters. The van der Waals surface area contributed by atoms with Gasteiger partial charge in [-0.2, -0.15) is 13.2 Å². The van der Waals surface area contributed by atoms with E-state index in [1.54, 1.807) is 13.8 Å². The van der Waals surface area contributed by atoms with Crippen molar-refractivity contribution in [1.29, 1.82) is 0 Å². The van der Waals surface area contributed by atoms with Crippen molar-refractivity contribution < 1.29 is 22.7 Å². The van der Waals surface area contributed by atoms with E-state index in [4.69, 9.17) is 4.74 Å². The van der Waals surface area contributed by atoms with Gasteiger partial charge in [-0.25, -0.2) is 9.78 Å². The smallest absolute Gasteiger partial charge is 0.401 e. The molecular formula is C10H13F3N2O2S. The number of hydrogen-bond donors (Lipinski definition) is 1. The fourth-order valence-electron chi connectivity index (χ4n) is 1.31. The lowest BCUT2D eigenvalue weighted by molar-refractivity contribution is -0.149. The van der Waals surface area contributed by atoms with Crippen molar-refractivity contribution in [3.8, 4) is 0 Å². The lowest BCUT2D eigenvalue weighted by Crippen LogP contribution is -2.36. The van der Waals surface area contributed by atoms with Crippen molar-refractivity contribution in [3.63, 3.8) is 0 Å². The van der Waals surface area contributed by atoms with Crippen LogP contribution in [-0.2, 0) is 9.53 Å². The monoisotopic (exact) mass is 282 g/mol. The Morgan fingerprint density at radius 1 is 1.61 bits per heavy atom. The predicted octanol–water partition coefficient (Wildman–Crippen LogP) is 2.21. The summed E-state index contributed by atoms with van der Waals surface area (Å²) in [5.74, 6) is -0.728.